The molecule has 0 unspecified atom stereocenters. The summed E-state index contributed by atoms with van der Waals surface area (Å²) in [6.07, 6.45) is 1.87. The Morgan fingerprint density at radius 2 is 2.12 bits per heavy atom. The van der Waals surface area contributed by atoms with Crippen LogP contribution in [0, 0.1) is 12.8 Å². The molecule has 0 spiro atoms. The number of rotatable bonds is 5. The Bertz CT molecular complexity index is 997. The van der Waals surface area contributed by atoms with Crippen LogP contribution in [0.4, 0.5) is 17.2 Å². The van der Waals surface area contributed by atoms with Gasteiger partial charge in [-0.1, -0.05) is 17.7 Å². The molecule has 1 aliphatic rings. The zero-order valence-corrected chi connectivity index (χ0v) is 15.1. The molecule has 0 aliphatic heterocycles. The van der Waals surface area contributed by atoms with Crippen molar-refractivity contribution in [2.24, 2.45) is 5.92 Å². The van der Waals surface area contributed by atoms with E-state index >= 15 is 0 Å². The number of hydrogen-bond donors (Lipinski definition) is 3. The van der Waals surface area contributed by atoms with Crippen molar-refractivity contribution in [3.8, 4) is 5.75 Å². The van der Waals surface area contributed by atoms with Crippen molar-refractivity contribution >= 4 is 45.9 Å². The second-order valence-electron chi connectivity index (χ2n) is 6.28. The number of carbonyl (C=O) groups is 1. The first-order valence-electron chi connectivity index (χ1n) is 8.33. The van der Waals surface area contributed by atoms with Crippen molar-refractivity contribution in [3.05, 3.63) is 35.1 Å². The molecule has 3 N–H and O–H groups in total. The number of nitrogens with zero attached hydrogens (tertiary/aromatic N) is 2. The van der Waals surface area contributed by atoms with Crippen LogP contribution in [0.5, 0.6) is 5.75 Å². The molecule has 2 heterocycles. The Morgan fingerprint density at radius 3 is 2.85 bits per heavy atom. The molecule has 8 heteroatoms. The maximum Gasteiger partial charge on any atom is 0.228 e. The fourth-order valence-electron chi connectivity index (χ4n) is 2.80. The number of halogens is 1. The molecule has 2 aromatic heterocycles. The summed E-state index contributed by atoms with van der Waals surface area (Å²) in [5.74, 6) is 1.84. The minimum absolute atomic E-state index is 0.000580. The number of benzene rings is 1. The first-order chi connectivity index (χ1) is 12.5. The normalized spacial score (nSPS) is 13.7. The molecule has 4 rings (SSSR count). The zero-order valence-electron chi connectivity index (χ0n) is 14.4. The summed E-state index contributed by atoms with van der Waals surface area (Å²) in [4.78, 5) is 24.2. The fourth-order valence-corrected chi connectivity index (χ4v) is 3.05. The summed E-state index contributed by atoms with van der Waals surface area (Å²) in [7, 11) is 1.56. The molecular weight excluding hydrogens is 354 g/mol. The number of H-pyrrole nitrogens is 1. The standard InChI is InChI=1S/C18H18ClN5O2/c1-9-20-15-13(22-12-5-3-4-11(19)16(12)26-2)8-14(23-17(15)21-9)24-18(25)10-6-7-10/h3-5,8,10H,6-7H2,1-2H3,(H3,20,21,22,23,24,25). The van der Waals surface area contributed by atoms with Crippen molar-refractivity contribution in [1.82, 2.24) is 15.0 Å². The summed E-state index contributed by atoms with van der Waals surface area (Å²) < 4.78 is 5.39. The molecule has 0 bridgehead atoms. The molecule has 1 aliphatic carbocycles. The van der Waals surface area contributed by atoms with Gasteiger partial charge in [0.15, 0.2) is 11.4 Å². The third kappa shape index (κ3) is 3.17. The molecule has 0 radical (unpaired) electrons. The first-order valence-corrected chi connectivity index (χ1v) is 8.70. The van der Waals surface area contributed by atoms with E-state index in [1.165, 1.54) is 0 Å². The van der Waals surface area contributed by atoms with Crippen LogP contribution in [0.1, 0.15) is 18.7 Å². The third-order valence-corrected chi connectivity index (χ3v) is 4.51. The van der Waals surface area contributed by atoms with Gasteiger partial charge in [0.25, 0.3) is 0 Å². The number of para-hydroxylation sites is 1. The van der Waals surface area contributed by atoms with Gasteiger partial charge >= 0.3 is 0 Å². The Kier molecular flexibility index (Phi) is 4.16. The number of methoxy groups -OCH3 is 1. The number of anilines is 3. The minimum Gasteiger partial charge on any atom is -0.493 e. The smallest absolute Gasteiger partial charge is 0.228 e. The van der Waals surface area contributed by atoms with Crippen LogP contribution in [0.3, 0.4) is 0 Å². The van der Waals surface area contributed by atoms with Crippen LogP contribution < -0.4 is 15.4 Å². The number of aryl methyl sites for hydroxylation is 1. The lowest BCUT2D eigenvalue weighted by Gasteiger charge is -2.13. The number of pyridine rings is 1. The average Bonchev–Trinajstić information content (AvgIpc) is 3.37. The van der Waals surface area contributed by atoms with Gasteiger partial charge in [-0.3, -0.25) is 4.79 Å². The summed E-state index contributed by atoms with van der Waals surface area (Å²) in [5.41, 5.74) is 2.67. The maximum atomic E-state index is 12.1. The van der Waals surface area contributed by atoms with Crippen molar-refractivity contribution in [1.29, 1.82) is 0 Å². The van der Waals surface area contributed by atoms with Crippen molar-refractivity contribution in [3.63, 3.8) is 0 Å². The van der Waals surface area contributed by atoms with Gasteiger partial charge in [-0.15, -0.1) is 0 Å². The number of nitrogens with one attached hydrogen (secondary N) is 3. The van der Waals surface area contributed by atoms with E-state index in [0.29, 0.717) is 39.1 Å². The van der Waals surface area contributed by atoms with Crippen molar-refractivity contribution in [2.45, 2.75) is 19.8 Å². The van der Waals surface area contributed by atoms with Gasteiger partial charge < -0.3 is 20.4 Å². The lowest BCUT2D eigenvalue weighted by atomic mass is 10.2. The Morgan fingerprint density at radius 1 is 1.31 bits per heavy atom. The van der Waals surface area contributed by atoms with Gasteiger partial charge in [-0.2, -0.15) is 0 Å². The second-order valence-corrected chi connectivity index (χ2v) is 6.69. The SMILES string of the molecule is COc1c(Cl)cccc1Nc1cc(NC(=O)C2CC2)nc2[nH]c(C)nc12. The van der Waals surface area contributed by atoms with Gasteiger partial charge in [-0.25, -0.2) is 9.97 Å². The molecule has 1 fully saturated rings. The van der Waals surface area contributed by atoms with Crippen LogP contribution in [0.25, 0.3) is 11.2 Å². The van der Waals surface area contributed by atoms with E-state index in [4.69, 9.17) is 16.3 Å². The number of imidazole rings is 1. The lowest BCUT2D eigenvalue weighted by molar-refractivity contribution is -0.117. The van der Waals surface area contributed by atoms with Gasteiger partial charge in [0.2, 0.25) is 5.91 Å². The van der Waals surface area contributed by atoms with E-state index in [1.807, 2.05) is 19.1 Å². The van der Waals surface area contributed by atoms with Gasteiger partial charge in [-0.05, 0) is 31.9 Å². The molecule has 3 aromatic rings. The van der Waals surface area contributed by atoms with E-state index in [0.717, 1.165) is 18.7 Å². The Balaban J connectivity index is 1.75. The van der Waals surface area contributed by atoms with E-state index in [-0.39, 0.29) is 11.8 Å². The monoisotopic (exact) mass is 371 g/mol. The minimum atomic E-state index is -0.000580. The second kappa shape index (κ2) is 6.49. The van der Waals surface area contributed by atoms with Gasteiger partial charge in [0, 0.05) is 12.0 Å². The Labute approximate surface area is 155 Å². The molecule has 1 aromatic carbocycles. The molecule has 1 amide bonds. The first kappa shape index (κ1) is 16.7. The van der Waals surface area contributed by atoms with Crippen LogP contribution in [0.15, 0.2) is 24.3 Å². The maximum absolute atomic E-state index is 12.1. The van der Waals surface area contributed by atoms with Crippen LogP contribution in [-0.2, 0) is 4.79 Å². The van der Waals surface area contributed by atoms with Gasteiger partial charge in [0.1, 0.15) is 17.2 Å². The highest BCUT2D eigenvalue weighted by molar-refractivity contribution is 6.32. The highest BCUT2D eigenvalue weighted by Gasteiger charge is 2.30. The number of carbonyl (C=O) groups excluding carboxylic acids is 1. The molecular formula is C18H18ClN5O2. The molecule has 0 saturated heterocycles. The average molecular weight is 372 g/mol. The molecule has 1 saturated carbocycles. The van der Waals surface area contributed by atoms with Crippen molar-refractivity contribution in [2.75, 3.05) is 17.7 Å². The largest absolute Gasteiger partial charge is 0.493 e. The number of ether oxygens (including phenoxy) is 1. The van der Waals surface area contributed by atoms with E-state index in [1.54, 1.807) is 19.2 Å². The molecule has 26 heavy (non-hydrogen) atoms. The third-order valence-electron chi connectivity index (χ3n) is 4.21. The predicted molar refractivity (Wildman–Crippen MR) is 101 cm³/mol. The van der Waals surface area contributed by atoms with E-state index < -0.39 is 0 Å². The Hall–Kier alpha value is -2.80. The molecule has 0 atom stereocenters. The highest BCUT2D eigenvalue weighted by atomic mass is 35.5. The fraction of sp³-hybridized carbons (Fsp3) is 0.278. The number of amides is 1. The number of aromatic amines is 1. The van der Waals surface area contributed by atoms with Crippen LogP contribution >= 0.6 is 11.6 Å². The highest BCUT2D eigenvalue weighted by Crippen LogP contribution is 2.36. The molecule has 7 nitrogen and oxygen atoms in total. The molecule has 134 valence electrons. The summed E-state index contributed by atoms with van der Waals surface area (Å²) >= 11 is 6.20. The predicted octanol–water partition coefficient (Wildman–Crippen LogP) is 4.02. The number of hydrogen-bond acceptors (Lipinski definition) is 5. The van der Waals surface area contributed by atoms with E-state index in [2.05, 4.69) is 25.6 Å². The summed E-state index contributed by atoms with van der Waals surface area (Å²) in [6.45, 7) is 1.86. The topological polar surface area (TPSA) is 91.9 Å². The summed E-state index contributed by atoms with van der Waals surface area (Å²) in [5, 5.41) is 6.68. The number of fused-ring (bicyclic) bond motifs is 1. The van der Waals surface area contributed by atoms with Crippen molar-refractivity contribution < 1.29 is 9.53 Å². The number of aromatic nitrogens is 3. The van der Waals surface area contributed by atoms with Crippen LogP contribution in [0.2, 0.25) is 5.02 Å². The zero-order chi connectivity index (χ0) is 18.3. The van der Waals surface area contributed by atoms with E-state index in [9.17, 15) is 4.79 Å². The lowest BCUT2D eigenvalue weighted by Crippen LogP contribution is -2.14. The van der Waals surface area contributed by atoms with Crippen LogP contribution in [-0.4, -0.2) is 28.0 Å². The summed E-state index contributed by atoms with van der Waals surface area (Å²) in [6, 6.07) is 7.22. The quantitative estimate of drug-likeness (QED) is 0.630. The van der Waals surface area contributed by atoms with Gasteiger partial charge in [0.05, 0.1) is 23.5 Å².